The van der Waals surface area contributed by atoms with Gasteiger partial charge in [-0.3, -0.25) is 9.59 Å². The number of hydrogen-bond acceptors (Lipinski definition) is 2. The van der Waals surface area contributed by atoms with Crippen molar-refractivity contribution in [3.05, 3.63) is 93.0 Å². The largest absolute Gasteiger partial charge is 0.321 e. The fourth-order valence-corrected chi connectivity index (χ4v) is 4.02. The Morgan fingerprint density at radius 2 is 1.10 bits per heavy atom. The number of amides is 2. The predicted molar refractivity (Wildman–Crippen MR) is 122 cm³/mol. The number of hydrogen-bond donors (Lipinski definition) is 2. The van der Waals surface area contributed by atoms with Crippen LogP contribution in [0.15, 0.2) is 60.7 Å². The van der Waals surface area contributed by atoms with Gasteiger partial charge in [0.15, 0.2) is 0 Å². The Labute approximate surface area is 182 Å². The van der Waals surface area contributed by atoms with Crippen molar-refractivity contribution in [1.82, 2.24) is 0 Å². The molecule has 2 heterocycles. The van der Waals surface area contributed by atoms with E-state index in [2.05, 4.69) is 10.6 Å². The molecule has 5 rings (SSSR count). The minimum atomic E-state index is -0.172. The second-order valence-electron chi connectivity index (χ2n) is 7.07. The molecule has 0 fully saturated rings. The van der Waals surface area contributed by atoms with Crippen molar-refractivity contribution in [3.63, 3.8) is 0 Å². The summed E-state index contributed by atoms with van der Waals surface area (Å²) in [5.41, 5.74) is 5.81. The first-order valence-corrected chi connectivity index (χ1v) is 9.99. The first kappa shape index (κ1) is 18.7. The van der Waals surface area contributed by atoms with E-state index < -0.39 is 0 Å². The summed E-state index contributed by atoms with van der Waals surface area (Å²) in [6, 6.07) is 18.2. The number of nitrogens with one attached hydrogen (secondary N) is 2. The van der Waals surface area contributed by atoms with Crippen molar-refractivity contribution in [1.29, 1.82) is 0 Å². The van der Waals surface area contributed by atoms with Gasteiger partial charge in [0.1, 0.15) is 0 Å². The number of rotatable bonds is 2. The van der Waals surface area contributed by atoms with Gasteiger partial charge in [0, 0.05) is 43.7 Å². The second kappa shape index (κ2) is 7.17. The second-order valence-corrected chi connectivity index (χ2v) is 7.95. The quantitative estimate of drug-likeness (QED) is 0.489. The Kier molecular flexibility index (Phi) is 4.46. The van der Waals surface area contributed by atoms with Gasteiger partial charge >= 0.3 is 0 Å². The van der Waals surface area contributed by atoms with Crippen molar-refractivity contribution >= 4 is 69.7 Å². The van der Waals surface area contributed by atoms with Crippen LogP contribution in [-0.2, 0) is 9.59 Å². The molecule has 2 amide bonds. The molecular formula is C24H14Cl2N2O2. The summed E-state index contributed by atoms with van der Waals surface area (Å²) < 4.78 is 0. The molecule has 0 unspecified atom stereocenters. The van der Waals surface area contributed by atoms with E-state index in [1.807, 2.05) is 36.4 Å². The highest BCUT2D eigenvalue weighted by atomic mass is 35.5. The van der Waals surface area contributed by atoms with Crippen LogP contribution in [0.2, 0.25) is 10.0 Å². The molecule has 0 saturated carbocycles. The molecule has 146 valence electrons. The van der Waals surface area contributed by atoms with E-state index in [-0.39, 0.29) is 11.8 Å². The third kappa shape index (κ3) is 3.30. The molecule has 2 aliphatic heterocycles. The molecule has 0 saturated heterocycles. The van der Waals surface area contributed by atoms with Crippen molar-refractivity contribution in [2.24, 2.45) is 0 Å². The molecule has 30 heavy (non-hydrogen) atoms. The third-order valence-corrected chi connectivity index (χ3v) is 5.53. The van der Waals surface area contributed by atoms with Crippen molar-refractivity contribution in [2.75, 3.05) is 10.6 Å². The van der Waals surface area contributed by atoms with Crippen LogP contribution >= 0.6 is 23.2 Å². The molecule has 0 spiro atoms. The first-order valence-electron chi connectivity index (χ1n) is 9.24. The van der Waals surface area contributed by atoms with Gasteiger partial charge in [-0.25, -0.2) is 0 Å². The summed E-state index contributed by atoms with van der Waals surface area (Å²) in [5.74, 6) is -0.343. The molecule has 2 N–H and O–H groups in total. The van der Waals surface area contributed by atoms with Crippen LogP contribution in [-0.4, -0.2) is 11.8 Å². The standard InChI is InChI=1S/C24H14Cl2N2O2/c25-15-4-6-21-17(11-15)19(23(29)27-21)9-13-2-1-3-14(8-13)10-20-18-12-16(26)5-7-22(18)28-24(20)30/h1-12H,(H,27,29)(H,28,30). The lowest BCUT2D eigenvalue weighted by atomic mass is 10.0. The number of anilines is 2. The molecule has 2 aliphatic rings. The van der Waals surface area contributed by atoms with Gasteiger partial charge in [-0.2, -0.15) is 0 Å². The Hall–Kier alpha value is -3.34. The van der Waals surface area contributed by atoms with Gasteiger partial charge in [-0.15, -0.1) is 0 Å². The van der Waals surface area contributed by atoms with Crippen LogP contribution < -0.4 is 10.6 Å². The average Bonchev–Trinajstić information content (AvgIpc) is 3.19. The average molecular weight is 433 g/mol. The minimum absolute atomic E-state index is 0.172. The van der Waals surface area contributed by atoms with Gasteiger partial charge in [-0.1, -0.05) is 41.4 Å². The van der Waals surface area contributed by atoms with Gasteiger partial charge in [0.05, 0.1) is 0 Å². The van der Waals surface area contributed by atoms with E-state index in [1.165, 1.54) is 0 Å². The van der Waals surface area contributed by atoms with Gasteiger partial charge in [0.2, 0.25) is 0 Å². The van der Waals surface area contributed by atoms with Crippen molar-refractivity contribution < 1.29 is 9.59 Å². The van der Waals surface area contributed by atoms with Crippen LogP contribution in [0.1, 0.15) is 22.3 Å². The van der Waals surface area contributed by atoms with Crippen LogP contribution in [0.25, 0.3) is 23.3 Å². The highest BCUT2D eigenvalue weighted by Gasteiger charge is 2.25. The summed E-state index contributed by atoms with van der Waals surface area (Å²) in [6.45, 7) is 0. The lowest BCUT2D eigenvalue weighted by Crippen LogP contribution is -2.03. The smallest absolute Gasteiger partial charge is 0.256 e. The zero-order valence-electron chi connectivity index (χ0n) is 15.5. The SMILES string of the molecule is O=C1Nc2ccc(Cl)cc2C1=Cc1cccc(C=C2C(=O)Nc3ccc(Cl)cc32)c1. The van der Waals surface area contributed by atoms with Crippen LogP contribution in [0.4, 0.5) is 11.4 Å². The normalized spacial score (nSPS) is 17.1. The predicted octanol–water partition coefficient (Wildman–Crippen LogP) is 5.98. The fourth-order valence-electron chi connectivity index (χ4n) is 3.68. The van der Waals surface area contributed by atoms with E-state index in [0.717, 1.165) is 33.6 Å². The maximum Gasteiger partial charge on any atom is 0.256 e. The van der Waals surface area contributed by atoms with E-state index in [0.29, 0.717) is 21.2 Å². The molecule has 0 radical (unpaired) electrons. The molecule has 0 bridgehead atoms. The van der Waals surface area contributed by atoms with Crippen LogP contribution in [0.3, 0.4) is 0 Å². The Morgan fingerprint density at radius 1 is 0.633 bits per heavy atom. The minimum Gasteiger partial charge on any atom is -0.321 e. The number of carbonyl (C=O) groups is 2. The fraction of sp³-hybridized carbons (Fsp3) is 0. The molecule has 0 aliphatic carbocycles. The van der Waals surface area contributed by atoms with Crippen molar-refractivity contribution in [2.45, 2.75) is 0 Å². The monoisotopic (exact) mass is 432 g/mol. The molecule has 4 nitrogen and oxygen atoms in total. The van der Waals surface area contributed by atoms with Crippen molar-refractivity contribution in [3.8, 4) is 0 Å². The zero-order valence-corrected chi connectivity index (χ0v) is 17.0. The number of halogens is 2. The van der Waals surface area contributed by atoms with Gasteiger partial charge < -0.3 is 10.6 Å². The molecule has 3 aromatic carbocycles. The number of benzene rings is 3. The third-order valence-electron chi connectivity index (χ3n) is 5.06. The number of fused-ring (bicyclic) bond motifs is 2. The Bertz CT molecular complexity index is 1210. The molecular weight excluding hydrogens is 419 g/mol. The van der Waals surface area contributed by atoms with E-state index in [1.54, 1.807) is 36.4 Å². The summed E-state index contributed by atoms with van der Waals surface area (Å²) >= 11 is 12.2. The summed E-state index contributed by atoms with van der Waals surface area (Å²) in [7, 11) is 0. The highest BCUT2D eigenvalue weighted by molar-refractivity contribution is 6.37. The number of carbonyl (C=O) groups excluding carboxylic acids is 2. The summed E-state index contributed by atoms with van der Waals surface area (Å²) in [4.78, 5) is 24.8. The summed E-state index contributed by atoms with van der Waals surface area (Å²) in [5, 5.41) is 6.83. The maximum atomic E-state index is 12.4. The highest BCUT2D eigenvalue weighted by Crippen LogP contribution is 2.36. The van der Waals surface area contributed by atoms with E-state index in [9.17, 15) is 9.59 Å². The van der Waals surface area contributed by atoms with Crippen LogP contribution in [0.5, 0.6) is 0 Å². The van der Waals surface area contributed by atoms with E-state index in [4.69, 9.17) is 23.2 Å². The molecule has 6 heteroatoms. The van der Waals surface area contributed by atoms with E-state index >= 15 is 0 Å². The molecule has 0 aromatic heterocycles. The van der Waals surface area contributed by atoms with Crippen LogP contribution in [0, 0.1) is 0 Å². The lowest BCUT2D eigenvalue weighted by Gasteiger charge is -2.03. The lowest BCUT2D eigenvalue weighted by molar-refractivity contribution is -0.111. The molecule has 0 atom stereocenters. The zero-order chi connectivity index (χ0) is 20.8. The van der Waals surface area contributed by atoms with Gasteiger partial charge in [-0.05, 0) is 65.7 Å². The Morgan fingerprint density at radius 3 is 1.57 bits per heavy atom. The maximum absolute atomic E-state index is 12.4. The van der Waals surface area contributed by atoms with Gasteiger partial charge in [0.25, 0.3) is 11.8 Å². The molecule has 3 aromatic rings. The topological polar surface area (TPSA) is 58.2 Å². The Balaban J connectivity index is 1.54. The summed E-state index contributed by atoms with van der Waals surface area (Å²) in [6.07, 6.45) is 3.64. The first-order chi connectivity index (χ1) is 14.5.